The normalized spacial score (nSPS) is 16.5. The number of hydrogen-bond donors (Lipinski definition) is 2. The molecule has 0 fully saturated rings. The van der Waals surface area contributed by atoms with E-state index in [1.807, 2.05) is 23.9 Å². The van der Waals surface area contributed by atoms with E-state index in [0.717, 1.165) is 5.75 Å². The average Bonchev–Trinajstić information content (AvgIpc) is 2.88. The van der Waals surface area contributed by atoms with Crippen LogP contribution in [-0.2, 0) is 0 Å². The Kier molecular flexibility index (Phi) is 3.75. The Bertz CT molecular complexity index is 688. The molecule has 0 bridgehead atoms. The van der Waals surface area contributed by atoms with Crippen LogP contribution in [0.15, 0.2) is 47.4 Å². The monoisotopic (exact) mass is 300 g/mol. The van der Waals surface area contributed by atoms with Gasteiger partial charge in [0.05, 0.1) is 12.2 Å². The Labute approximate surface area is 127 Å². The Hall–Kier alpha value is -2.14. The first kappa shape index (κ1) is 13.8. The van der Waals surface area contributed by atoms with Gasteiger partial charge in [0.2, 0.25) is 0 Å². The molecule has 1 heterocycles. The number of benzene rings is 2. The molecule has 3 rings (SSSR count). The smallest absolute Gasteiger partial charge is 0.252 e. The Morgan fingerprint density at radius 1 is 1.29 bits per heavy atom. The second-order valence-corrected chi connectivity index (χ2v) is 6.04. The lowest BCUT2D eigenvalue weighted by molar-refractivity contribution is 0.0996. The maximum atomic E-state index is 11.4. The van der Waals surface area contributed by atoms with E-state index in [2.05, 4.69) is 12.1 Å². The largest absolute Gasteiger partial charge is 0.492 e. The molecule has 4 nitrogen and oxygen atoms in total. The summed E-state index contributed by atoms with van der Waals surface area (Å²) in [5, 5.41) is 0. The van der Waals surface area contributed by atoms with Crippen molar-refractivity contribution in [3.63, 3.8) is 0 Å². The molecule has 5 heteroatoms. The fourth-order valence-electron chi connectivity index (χ4n) is 2.42. The number of nitrogen functional groups attached to an aromatic ring is 1. The van der Waals surface area contributed by atoms with Crippen LogP contribution in [-0.4, -0.2) is 18.3 Å². The Morgan fingerprint density at radius 2 is 2.10 bits per heavy atom. The van der Waals surface area contributed by atoms with Crippen molar-refractivity contribution < 1.29 is 9.53 Å². The van der Waals surface area contributed by atoms with Crippen molar-refractivity contribution in [2.75, 3.05) is 18.1 Å². The topological polar surface area (TPSA) is 78.3 Å². The van der Waals surface area contributed by atoms with Crippen LogP contribution in [0.25, 0.3) is 0 Å². The number of ether oxygens (including phenoxy) is 1. The third kappa shape index (κ3) is 2.83. The molecule has 0 saturated carbocycles. The lowest BCUT2D eigenvalue weighted by Gasteiger charge is -2.15. The predicted molar refractivity (Wildman–Crippen MR) is 84.8 cm³/mol. The van der Waals surface area contributed by atoms with Crippen LogP contribution in [0.4, 0.5) is 5.69 Å². The van der Waals surface area contributed by atoms with Crippen LogP contribution in [0.3, 0.4) is 0 Å². The van der Waals surface area contributed by atoms with Crippen molar-refractivity contribution in [3.8, 4) is 5.75 Å². The van der Waals surface area contributed by atoms with Gasteiger partial charge in [0.1, 0.15) is 5.75 Å². The minimum atomic E-state index is -0.508. The van der Waals surface area contributed by atoms with E-state index in [0.29, 0.717) is 29.5 Å². The maximum absolute atomic E-state index is 11.4. The molecule has 0 aliphatic carbocycles. The third-order valence-electron chi connectivity index (χ3n) is 3.51. The maximum Gasteiger partial charge on any atom is 0.252 e. The highest BCUT2D eigenvalue weighted by atomic mass is 32.2. The van der Waals surface area contributed by atoms with Crippen molar-refractivity contribution in [3.05, 3.63) is 53.6 Å². The minimum absolute atomic E-state index is 0.313. The van der Waals surface area contributed by atoms with Gasteiger partial charge < -0.3 is 16.2 Å². The summed E-state index contributed by atoms with van der Waals surface area (Å²) >= 11 is 1.83. The molecule has 1 amide bonds. The molecule has 2 aromatic rings. The molecule has 4 N–H and O–H groups in total. The van der Waals surface area contributed by atoms with Gasteiger partial charge in [0, 0.05) is 28.3 Å². The molecule has 1 aliphatic heterocycles. The van der Waals surface area contributed by atoms with Crippen LogP contribution >= 0.6 is 11.8 Å². The molecule has 0 saturated heterocycles. The number of rotatable bonds is 4. The van der Waals surface area contributed by atoms with E-state index in [4.69, 9.17) is 16.2 Å². The number of carbonyl (C=O) groups is 1. The third-order valence-corrected chi connectivity index (χ3v) is 4.76. The Balaban J connectivity index is 1.77. The fourth-order valence-corrected chi connectivity index (χ4v) is 3.65. The van der Waals surface area contributed by atoms with Gasteiger partial charge in [-0.1, -0.05) is 18.2 Å². The number of primary amides is 1. The van der Waals surface area contributed by atoms with Crippen molar-refractivity contribution >= 4 is 23.4 Å². The zero-order valence-electron chi connectivity index (χ0n) is 11.4. The highest BCUT2D eigenvalue weighted by Crippen LogP contribution is 2.39. The van der Waals surface area contributed by atoms with Crippen LogP contribution < -0.4 is 16.2 Å². The van der Waals surface area contributed by atoms with Crippen molar-refractivity contribution in [2.45, 2.75) is 10.8 Å². The van der Waals surface area contributed by atoms with Gasteiger partial charge in [0.15, 0.2) is 0 Å². The second kappa shape index (κ2) is 5.69. The lowest BCUT2D eigenvalue weighted by Crippen LogP contribution is -2.16. The van der Waals surface area contributed by atoms with Gasteiger partial charge in [-0.15, -0.1) is 11.8 Å². The molecule has 0 aromatic heterocycles. The van der Waals surface area contributed by atoms with Gasteiger partial charge in [-0.05, 0) is 23.8 Å². The summed E-state index contributed by atoms with van der Waals surface area (Å²) in [6.07, 6.45) is 0. The molecule has 21 heavy (non-hydrogen) atoms. The molecule has 0 spiro atoms. The number of fused-ring (bicyclic) bond motifs is 1. The predicted octanol–water partition coefficient (Wildman–Crippen LogP) is 2.64. The molecule has 108 valence electrons. The zero-order valence-corrected chi connectivity index (χ0v) is 12.2. The molecule has 0 radical (unpaired) electrons. The van der Waals surface area contributed by atoms with Crippen LogP contribution in [0.5, 0.6) is 5.75 Å². The van der Waals surface area contributed by atoms with E-state index in [1.54, 1.807) is 18.2 Å². The van der Waals surface area contributed by atoms with Crippen LogP contribution in [0, 0.1) is 0 Å². The summed E-state index contributed by atoms with van der Waals surface area (Å²) < 4.78 is 5.83. The summed E-state index contributed by atoms with van der Waals surface area (Å²) in [6.45, 7) is 0.508. The first-order valence-electron chi connectivity index (χ1n) is 6.69. The molecular weight excluding hydrogens is 284 g/mol. The summed E-state index contributed by atoms with van der Waals surface area (Å²) in [5.74, 6) is 1.24. The van der Waals surface area contributed by atoms with Gasteiger partial charge in [0.25, 0.3) is 5.91 Å². The van der Waals surface area contributed by atoms with Crippen molar-refractivity contribution in [1.29, 1.82) is 0 Å². The number of hydrogen-bond acceptors (Lipinski definition) is 4. The SMILES string of the molecule is NC(=O)c1ccc(N)cc1OCC1CSc2ccccc21. The summed E-state index contributed by atoms with van der Waals surface area (Å²) in [6, 6.07) is 13.2. The number of anilines is 1. The van der Waals surface area contributed by atoms with E-state index in [1.165, 1.54) is 10.5 Å². The number of amides is 1. The fraction of sp³-hybridized carbons (Fsp3) is 0.188. The first-order valence-corrected chi connectivity index (χ1v) is 7.67. The molecule has 1 atom stereocenters. The van der Waals surface area contributed by atoms with Gasteiger partial charge in [-0.3, -0.25) is 4.79 Å². The van der Waals surface area contributed by atoms with Crippen LogP contribution in [0.1, 0.15) is 21.8 Å². The highest BCUT2D eigenvalue weighted by Gasteiger charge is 2.23. The van der Waals surface area contributed by atoms with E-state index >= 15 is 0 Å². The first-order chi connectivity index (χ1) is 10.1. The summed E-state index contributed by atoms with van der Waals surface area (Å²) in [7, 11) is 0. The Morgan fingerprint density at radius 3 is 2.90 bits per heavy atom. The van der Waals surface area contributed by atoms with Crippen molar-refractivity contribution in [2.24, 2.45) is 5.73 Å². The summed E-state index contributed by atoms with van der Waals surface area (Å²) in [4.78, 5) is 12.7. The van der Waals surface area contributed by atoms with Gasteiger partial charge in [-0.25, -0.2) is 0 Å². The number of thioether (sulfide) groups is 1. The molecule has 1 unspecified atom stereocenters. The average molecular weight is 300 g/mol. The van der Waals surface area contributed by atoms with Crippen LogP contribution in [0.2, 0.25) is 0 Å². The zero-order chi connectivity index (χ0) is 14.8. The standard InChI is InChI=1S/C16H16N2O2S/c17-11-5-6-13(16(18)19)14(7-11)20-8-10-9-21-15-4-2-1-3-12(10)15/h1-7,10H,8-9,17H2,(H2,18,19). The number of nitrogens with two attached hydrogens (primary N) is 2. The molecular formula is C16H16N2O2S. The highest BCUT2D eigenvalue weighted by molar-refractivity contribution is 7.99. The van der Waals surface area contributed by atoms with E-state index in [9.17, 15) is 4.79 Å². The number of carbonyl (C=O) groups excluding carboxylic acids is 1. The summed E-state index contributed by atoms with van der Waals surface area (Å²) in [5.41, 5.74) is 13.3. The van der Waals surface area contributed by atoms with Gasteiger partial charge in [-0.2, -0.15) is 0 Å². The molecule has 1 aliphatic rings. The molecule has 2 aromatic carbocycles. The van der Waals surface area contributed by atoms with E-state index < -0.39 is 5.91 Å². The van der Waals surface area contributed by atoms with Gasteiger partial charge >= 0.3 is 0 Å². The van der Waals surface area contributed by atoms with Crippen molar-refractivity contribution in [1.82, 2.24) is 0 Å². The minimum Gasteiger partial charge on any atom is -0.492 e. The quantitative estimate of drug-likeness (QED) is 0.851. The lowest BCUT2D eigenvalue weighted by atomic mass is 10.0. The second-order valence-electron chi connectivity index (χ2n) is 4.98. The van der Waals surface area contributed by atoms with E-state index in [-0.39, 0.29) is 0 Å².